The fraction of sp³-hybridized carbons (Fsp3) is 0.211. The van der Waals surface area contributed by atoms with Crippen LogP contribution in [0.3, 0.4) is 0 Å². The third-order valence-electron chi connectivity index (χ3n) is 4.56. The van der Waals surface area contributed by atoms with Gasteiger partial charge in [-0.1, -0.05) is 16.6 Å². The Balaban J connectivity index is 1.50. The van der Waals surface area contributed by atoms with Crippen LogP contribution in [0.5, 0.6) is 0 Å². The van der Waals surface area contributed by atoms with E-state index in [1.54, 1.807) is 29.2 Å². The molecule has 0 aliphatic heterocycles. The quantitative estimate of drug-likeness (QED) is 0.226. The predicted octanol–water partition coefficient (Wildman–Crippen LogP) is 3.25. The van der Waals surface area contributed by atoms with E-state index < -0.39 is 5.97 Å². The first-order valence-electron chi connectivity index (χ1n) is 9.60. The van der Waals surface area contributed by atoms with E-state index >= 15 is 0 Å². The standard InChI is InChI=1S/C19H18N8O3S2/c28-17(29)11-4-6-12(7-5-11)20-18(30)27(10-2-1-3-14-23-25-26-24-14)15-9-8-13-16(22-15)32-19(31)21-13/h4-9H,1-3,10H2,(H,20,30)(H,21,31)(H,28,29)(H,23,24,25,26). The molecular weight excluding hydrogens is 452 g/mol. The number of carbonyl (C=O) groups is 2. The van der Waals surface area contributed by atoms with Crippen molar-refractivity contribution in [2.24, 2.45) is 0 Å². The Kier molecular flexibility index (Phi) is 6.56. The first-order chi connectivity index (χ1) is 15.5. The maximum atomic E-state index is 13.1. The molecule has 32 heavy (non-hydrogen) atoms. The van der Waals surface area contributed by atoms with Crippen molar-refractivity contribution in [1.29, 1.82) is 0 Å². The Morgan fingerprint density at radius 3 is 2.66 bits per heavy atom. The summed E-state index contributed by atoms with van der Waals surface area (Å²) in [5, 5.41) is 25.7. The molecule has 0 spiro atoms. The Labute approximate surface area is 191 Å². The van der Waals surface area contributed by atoms with E-state index in [-0.39, 0.29) is 11.6 Å². The molecule has 4 aromatic rings. The molecule has 0 bridgehead atoms. The number of rotatable bonds is 8. The minimum Gasteiger partial charge on any atom is -0.478 e. The van der Waals surface area contributed by atoms with Crippen molar-refractivity contribution in [3.63, 3.8) is 0 Å². The van der Waals surface area contributed by atoms with Crippen molar-refractivity contribution < 1.29 is 14.7 Å². The molecule has 1 aromatic carbocycles. The van der Waals surface area contributed by atoms with Gasteiger partial charge in [-0.15, -0.1) is 22.8 Å². The number of anilines is 2. The second kappa shape index (κ2) is 9.70. The van der Waals surface area contributed by atoms with Gasteiger partial charge in [0.25, 0.3) is 0 Å². The molecule has 4 rings (SSSR count). The zero-order chi connectivity index (χ0) is 22.5. The van der Waals surface area contributed by atoms with E-state index in [0.29, 0.717) is 51.4 Å². The zero-order valence-electron chi connectivity index (χ0n) is 16.6. The molecule has 0 aliphatic carbocycles. The van der Waals surface area contributed by atoms with Crippen LogP contribution in [-0.2, 0) is 6.42 Å². The summed E-state index contributed by atoms with van der Waals surface area (Å²) in [6, 6.07) is 9.11. The number of carboxylic acid groups (broad SMARTS) is 1. The third kappa shape index (κ3) is 5.18. The Bertz CT molecular complexity index is 1230. The van der Waals surface area contributed by atoms with Crippen molar-refractivity contribution in [3.8, 4) is 0 Å². The van der Waals surface area contributed by atoms with Gasteiger partial charge < -0.3 is 10.4 Å². The normalized spacial score (nSPS) is 10.9. The minimum atomic E-state index is -1.03. The fourth-order valence-electron chi connectivity index (χ4n) is 2.99. The lowest BCUT2D eigenvalue weighted by Crippen LogP contribution is -2.36. The van der Waals surface area contributed by atoms with E-state index in [1.807, 2.05) is 0 Å². The average molecular weight is 471 g/mol. The third-order valence-corrected chi connectivity index (χ3v) is 5.70. The predicted molar refractivity (Wildman–Crippen MR) is 122 cm³/mol. The van der Waals surface area contributed by atoms with Gasteiger partial charge in [-0.05, 0) is 49.2 Å². The number of carboxylic acids is 1. The van der Waals surface area contributed by atoms with Gasteiger partial charge in [-0.25, -0.2) is 19.6 Å². The Morgan fingerprint density at radius 2 is 1.94 bits per heavy atom. The summed E-state index contributed by atoms with van der Waals surface area (Å²) in [4.78, 5) is 35.2. The summed E-state index contributed by atoms with van der Waals surface area (Å²) < 4.78 is 0.597. The number of tetrazole rings is 1. The molecule has 0 unspecified atom stereocenters. The summed E-state index contributed by atoms with van der Waals surface area (Å²) >= 11 is 5.60. The summed E-state index contributed by atoms with van der Waals surface area (Å²) in [5.41, 5.74) is 1.33. The smallest absolute Gasteiger partial charge is 0.335 e. The largest absolute Gasteiger partial charge is 0.478 e. The van der Waals surface area contributed by atoms with Crippen LogP contribution in [0.2, 0.25) is 0 Å². The highest BCUT2D eigenvalue weighted by atomic mass is 32.2. The number of thiol groups is 1. The summed E-state index contributed by atoms with van der Waals surface area (Å²) in [6.45, 7) is 0.405. The van der Waals surface area contributed by atoms with Crippen LogP contribution >= 0.6 is 24.0 Å². The van der Waals surface area contributed by atoms with Crippen molar-refractivity contribution >= 4 is 57.8 Å². The first-order valence-corrected chi connectivity index (χ1v) is 10.9. The van der Waals surface area contributed by atoms with Crippen LogP contribution in [0.1, 0.15) is 29.0 Å². The summed E-state index contributed by atoms with van der Waals surface area (Å²) in [7, 11) is 0. The van der Waals surface area contributed by atoms with Gasteiger partial charge in [0.2, 0.25) is 0 Å². The number of benzene rings is 1. The number of aromatic nitrogens is 6. The fourth-order valence-corrected chi connectivity index (χ4v) is 4.04. The minimum absolute atomic E-state index is 0.140. The van der Waals surface area contributed by atoms with E-state index in [9.17, 15) is 9.59 Å². The first kappa shape index (κ1) is 21.6. The molecule has 0 aliphatic rings. The number of aromatic carboxylic acids is 1. The number of aryl methyl sites for hydroxylation is 1. The molecule has 2 amide bonds. The number of urea groups is 1. The van der Waals surface area contributed by atoms with Crippen molar-refractivity contribution in [2.45, 2.75) is 23.6 Å². The molecule has 0 atom stereocenters. The lowest BCUT2D eigenvalue weighted by atomic mass is 10.2. The SMILES string of the molecule is O=C(O)c1ccc(NC(=O)N(CCCCc2nn[nH]n2)c2ccc3nc(S)sc3n2)cc1. The Hall–Kier alpha value is -3.58. The molecule has 0 fully saturated rings. The highest BCUT2D eigenvalue weighted by molar-refractivity contribution is 7.82. The summed E-state index contributed by atoms with van der Waals surface area (Å²) in [5.74, 6) is 0.0652. The van der Waals surface area contributed by atoms with Crippen molar-refractivity contribution in [2.75, 3.05) is 16.8 Å². The number of thiazole rings is 1. The van der Waals surface area contributed by atoms with Gasteiger partial charge in [0.1, 0.15) is 20.5 Å². The maximum Gasteiger partial charge on any atom is 0.335 e. The van der Waals surface area contributed by atoms with E-state index in [0.717, 1.165) is 6.42 Å². The average Bonchev–Trinajstić information content (AvgIpc) is 3.42. The number of nitrogens with zero attached hydrogens (tertiary/aromatic N) is 6. The molecule has 3 aromatic heterocycles. The van der Waals surface area contributed by atoms with Crippen LogP contribution < -0.4 is 10.2 Å². The van der Waals surface area contributed by atoms with Gasteiger partial charge in [0, 0.05) is 18.7 Å². The zero-order valence-corrected chi connectivity index (χ0v) is 18.3. The van der Waals surface area contributed by atoms with Gasteiger partial charge >= 0.3 is 12.0 Å². The highest BCUT2D eigenvalue weighted by Crippen LogP contribution is 2.26. The van der Waals surface area contributed by atoms with Crippen LogP contribution in [-0.4, -0.2) is 54.2 Å². The van der Waals surface area contributed by atoms with Crippen LogP contribution in [0.25, 0.3) is 10.3 Å². The second-order valence-corrected chi connectivity index (χ2v) is 8.44. The number of carbonyl (C=O) groups excluding carboxylic acids is 1. The van der Waals surface area contributed by atoms with Crippen LogP contribution in [0.15, 0.2) is 40.7 Å². The number of nitrogens with one attached hydrogen (secondary N) is 2. The number of unbranched alkanes of at least 4 members (excludes halogenated alkanes) is 1. The summed E-state index contributed by atoms with van der Waals surface area (Å²) in [6.07, 6.45) is 2.06. The second-order valence-electron chi connectivity index (χ2n) is 6.74. The molecule has 0 saturated carbocycles. The van der Waals surface area contributed by atoms with Crippen molar-refractivity contribution in [1.82, 2.24) is 30.6 Å². The molecule has 164 valence electrons. The van der Waals surface area contributed by atoms with Gasteiger partial charge in [-0.2, -0.15) is 5.21 Å². The topological polar surface area (TPSA) is 150 Å². The molecule has 11 nitrogen and oxygen atoms in total. The maximum absolute atomic E-state index is 13.1. The number of amides is 2. The number of hydrogen-bond donors (Lipinski definition) is 4. The number of H-pyrrole nitrogens is 1. The molecule has 0 radical (unpaired) electrons. The van der Waals surface area contributed by atoms with Crippen LogP contribution in [0.4, 0.5) is 16.3 Å². The van der Waals surface area contributed by atoms with Crippen LogP contribution in [0, 0.1) is 0 Å². The molecule has 13 heteroatoms. The van der Waals surface area contributed by atoms with E-state index in [2.05, 4.69) is 48.5 Å². The Morgan fingerprint density at radius 1 is 1.12 bits per heavy atom. The molecule has 3 heterocycles. The van der Waals surface area contributed by atoms with Gasteiger partial charge in [0.05, 0.1) is 5.56 Å². The van der Waals surface area contributed by atoms with Gasteiger partial charge in [0.15, 0.2) is 5.82 Å². The lowest BCUT2D eigenvalue weighted by Gasteiger charge is -2.22. The molecule has 0 saturated heterocycles. The number of aromatic amines is 1. The monoisotopic (exact) mass is 470 g/mol. The number of hydrogen-bond acceptors (Lipinski definition) is 9. The molecule has 3 N–H and O–H groups in total. The number of pyridine rings is 1. The lowest BCUT2D eigenvalue weighted by molar-refractivity contribution is 0.0697. The highest BCUT2D eigenvalue weighted by Gasteiger charge is 2.19. The number of fused-ring (bicyclic) bond motifs is 1. The van der Waals surface area contributed by atoms with Crippen molar-refractivity contribution in [3.05, 3.63) is 47.8 Å². The van der Waals surface area contributed by atoms with E-state index in [1.165, 1.54) is 23.5 Å². The molecular formula is C19H18N8O3S2. The van der Waals surface area contributed by atoms with E-state index in [4.69, 9.17) is 5.11 Å². The van der Waals surface area contributed by atoms with Gasteiger partial charge in [-0.3, -0.25) is 4.90 Å².